The number of H-pyrrole nitrogens is 1. The molecule has 0 radical (unpaired) electrons. The summed E-state index contributed by atoms with van der Waals surface area (Å²) in [5.74, 6) is 0.972. The summed E-state index contributed by atoms with van der Waals surface area (Å²) in [5, 5.41) is 17.0. The van der Waals surface area contributed by atoms with E-state index in [9.17, 15) is 10.1 Å². The Hall–Kier alpha value is -2.08. The lowest BCUT2D eigenvalue weighted by atomic mass is 10.2. The summed E-state index contributed by atoms with van der Waals surface area (Å²) in [6, 6.07) is 2.79. The lowest BCUT2D eigenvalue weighted by molar-refractivity contribution is -0.384. The molecule has 0 aliphatic carbocycles. The number of hydrogen-bond donors (Lipinski definition) is 1. The van der Waals surface area contributed by atoms with Gasteiger partial charge in [0.2, 0.25) is 0 Å². The van der Waals surface area contributed by atoms with Crippen molar-refractivity contribution in [2.75, 3.05) is 0 Å². The number of nitro benzene ring substituents is 1. The van der Waals surface area contributed by atoms with Crippen LogP contribution < -0.4 is 4.74 Å². The van der Waals surface area contributed by atoms with E-state index in [4.69, 9.17) is 16.3 Å². The van der Waals surface area contributed by atoms with Gasteiger partial charge in [-0.25, -0.2) is 0 Å². The van der Waals surface area contributed by atoms with Crippen molar-refractivity contribution in [3.8, 4) is 11.5 Å². The van der Waals surface area contributed by atoms with Crippen molar-refractivity contribution in [2.45, 2.75) is 6.92 Å². The van der Waals surface area contributed by atoms with E-state index in [0.717, 1.165) is 0 Å². The Morgan fingerprint density at radius 1 is 1.53 bits per heavy atom. The monoisotopic (exact) mass is 253 g/mol. The lowest BCUT2D eigenvalue weighted by Gasteiger charge is -2.07. The maximum absolute atomic E-state index is 10.7. The molecule has 6 nitrogen and oxygen atoms in total. The van der Waals surface area contributed by atoms with E-state index in [1.807, 2.05) is 0 Å². The predicted molar refractivity (Wildman–Crippen MR) is 61.5 cm³/mol. The van der Waals surface area contributed by atoms with Crippen molar-refractivity contribution < 1.29 is 9.66 Å². The topological polar surface area (TPSA) is 81.1 Å². The third kappa shape index (κ3) is 2.36. The minimum absolute atomic E-state index is 0.0408. The van der Waals surface area contributed by atoms with Crippen molar-refractivity contribution in [2.24, 2.45) is 0 Å². The van der Waals surface area contributed by atoms with Crippen LogP contribution in [0.4, 0.5) is 5.69 Å². The zero-order chi connectivity index (χ0) is 12.4. The minimum atomic E-state index is -0.531. The van der Waals surface area contributed by atoms with E-state index in [1.165, 1.54) is 18.3 Å². The van der Waals surface area contributed by atoms with E-state index in [2.05, 4.69) is 10.2 Å². The number of rotatable bonds is 3. The van der Waals surface area contributed by atoms with Crippen LogP contribution in [0.25, 0.3) is 0 Å². The Balaban J connectivity index is 2.36. The second-order valence-electron chi connectivity index (χ2n) is 3.36. The van der Waals surface area contributed by atoms with E-state index in [0.29, 0.717) is 17.1 Å². The standard InChI is InChI=1S/C10H8ClN3O3/c1-6-2-9(14(15)16)8(11)3-10(6)17-7-4-12-13-5-7/h2-5H,1H3,(H,12,13). The van der Waals surface area contributed by atoms with E-state index in [-0.39, 0.29) is 10.7 Å². The number of nitrogens with one attached hydrogen (secondary N) is 1. The highest BCUT2D eigenvalue weighted by atomic mass is 35.5. The van der Waals surface area contributed by atoms with Crippen molar-refractivity contribution in [1.82, 2.24) is 10.2 Å². The first-order valence-corrected chi connectivity index (χ1v) is 5.07. The number of aromatic nitrogens is 2. The van der Waals surface area contributed by atoms with Gasteiger partial charge in [-0.1, -0.05) is 11.6 Å². The van der Waals surface area contributed by atoms with Crippen LogP contribution in [-0.2, 0) is 0 Å². The summed E-state index contributed by atoms with van der Waals surface area (Å²) in [6.45, 7) is 1.71. The van der Waals surface area contributed by atoms with Gasteiger partial charge >= 0.3 is 0 Å². The molecule has 1 N–H and O–H groups in total. The van der Waals surface area contributed by atoms with Gasteiger partial charge in [0, 0.05) is 12.1 Å². The van der Waals surface area contributed by atoms with Crippen LogP contribution in [0.5, 0.6) is 11.5 Å². The van der Waals surface area contributed by atoms with Gasteiger partial charge in [0.15, 0.2) is 5.75 Å². The highest BCUT2D eigenvalue weighted by molar-refractivity contribution is 6.32. The van der Waals surface area contributed by atoms with Crippen molar-refractivity contribution in [1.29, 1.82) is 0 Å². The Kier molecular flexibility index (Phi) is 2.97. The predicted octanol–water partition coefficient (Wildman–Crippen LogP) is 3.07. The number of aromatic amines is 1. The average Bonchev–Trinajstić information content (AvgIpc) is 2.75. The second kappa shape index (κ2) is 4.42. The summed E-state index contributed by atoms with van der Waals surface area (Å²) in [7, 11) is 0. The van der Waals surface area contributed by atoms with Crippen LogP contribution in [0.1, 0.15) is 5.56 Å². The largest absolute Gasteiger partial charge is 0.454 e. The zero-order valence-corrected chi connectivity index (χ0v) is 9.56. The first-order chi connectivity index (χ1) is 8.08. The van der Waals surface area contributed by atoms with E-state index in [1.54, 1.807) is 13.1 Å². The summed E-state index contributed by atoms with van der Waals surface area (Å²) >= 11 is 5.79. The van der Waals surface area contributed by atoms with Gasteiger partial charge in [-0.05, 0) is 12.5 Å². The molecule has 0 atom stereocenters. The Bertz CT molecular complexity index is 554. The number of halogens is 1. The summed E-state index contributed by atoms with van der Waals surface area (Å²) in [6.07, 6.45) is 3.06. The summed E-state index contributed by atoms with van der Waals surface area (Å²) in [4.78, 5) is 10.1. The number of hydrogen-bond acceptors (Lipinski definition) is 4. The molecule has 0 unspecified atom stereocenters. The second-order valence-corrected chi connectivity index (χ2v) is 3.77. The molecule has 1 heterocycles. The molecule has 1 aromatic heterocycles. The van der Waals surface area contributed by atoms with E-state index >= 15 is 0 Å². The highest BCUT2D eigenvalue weighted by Gasteiger charge is 2.16. The van der Waals surface area contributed by atoms with Gasteiger partial charge in [-0.3, -0.25) is 15.2 Å². The number of aryl methyl sites for hydroxylation is 1. The molecule has 2 rings (SSSR count). The van der Waals surface area contributed by atoms with Gasteiger partial charge in [-0.15, -0.1) is 0 Å². The van der Waals surface area contributed by atoms with Gasteiger partial charge in [0.05, 0.1) is 17.3 Å². The zero-order valence-electron chi connectivity index (χ0n) is 8.81. The normalized spacial score (nSPS) is 10.2. The number of nitrogens with zero attached hydrogens (tertiary/aromatic N) is 2. The van der Waals surface area contributed by atoms with Crippen molar-refractivity contribution >= 4 is 17.3 Å². The number of nitro groups is 1. The van der Waals surface area contributed by atoms with Gasteiger partial charge in [-0.2, -0.15) is 5.10 Å². The quantitative estimate of drug-likeness (QED) is 0.673. The minimum Gasteiger partial charge on any atom is -0.454 e. The fourth-order valence-corrected chi connectivity index (χ4v) is 1.54. The molecule has 7 heteroatoms. The maximum atomic E-state index is 10.7. The van der Waals surface area contributed by atoms with Gasteiger partial charge in [0.1, 0.15) is 10.8 Å². The smallest absolute Gasteiger partial charge is 0.288 e. The van der Waals surface area contributed by atoms with E-state index < -0.39 is 4.92 Å². The molecule has 88 valence electrons. The van der Waals surface area contributed by atoms with Crippen LogP contribution >= 0.6 is 11.6 Å². The molecular formula is C10H8ClN3O3. The number of ether oxygens (including phenoxy) is 1. The molecule has 0 saturated heterocycles. The van der Waals surface area contributed by atoms with Crippen molar-refractivity contribution in [3.05, 3.63) is 45.2 Å². The molecule has 0 bridgehead atoms. The van der Waals surface area contributed by atoms with Crippen LogP contribution in [0, 0.1) is 17.0 Å². The maximum Gasteiger partial charge on any atom is 0.288 e. The average molecular weight is 254 g/mol. The molecule has 17 heavy (non-hydrogen) atoms. The summed E-state index contributed by atoms with van der Waals surface area (Å²) in [5.41, 5.74) is 0.492. The molecule has 0 aliphatic rings. The first-order valence-electron chi connectivity index (χ1n) is 4.69. The molecule has 0 aliphatic heterocycles. The molecular weight excluding hydrogens is 246 g/mol. The van der Waals surface area contributed by atoms with Crippen LogP contribution in [-0.4, -0.2) is 15.1 Å². The van der Waals surface area contributed by atoms with Crippen molar-refractivity contribution in [3.63, 3.8) is 0 Å². The molecule has 1 aromatic carbocycles. The first kappa shape index (κ1) is 11.4. The van der Waals surface area contributed by atoms with Crippen LogP contribution in [0.3, 0.4) is 0 Å². The van der Waals surface area contributed by atoms with Crippen LogP contribution in [0.15, 0.2) is 24.5 Å². The Morgan fingerprint density at radius 2 is 2.29 bits per heavy atom. The molecule has 0 fully saturated rings. The lowest BCUT2D eigenvalue weighted by Crippen LogP contribution is -1.93. The SMILES string of the molecule is Cc1cc([N+](=O)[O-])c(Cl)cc1Oc1cn[nH]c1. The van der Waals surface area contributed by atoms with Gasteiger partial charge < -0.3 is 4.74 Å². The molecule has 0 amide bonds. The third-order valence-corrected chi connectivity index (χ3v) is 2.44. The summed E-state index contributed by atoms with van der Waals surface area (Å²) < 4.78 is 5.46. The molecule has 0 spiro atoms. The molecule has 2 aromatic rings. The highest BCUT2D eigenvalue weighted by Crippen LogP contribution is 2.33. The van der Waals surface area contributed by atoms with Crippen LogP contribution in [0.2, 0.25) is 5.02 Å². The molecule has 0 saturated carbocycles. The fourth-order valence-electron chi connectivity index (χ4n) is 1.32. The Labute approximate surface area is 101 Å². The van der Waals surface area contributed by atoms with Gasteiger partial charge in [0.25, 0.3) is 5.69 Å². The number of benzene rings is 1. The fraction of sp³-hybridized carbons (Fsp3) is 0.100. The third-order valence-electron chi connectivity index (χ3n) is 2.14. The Morgan fingerprint density at radius 3 is 2.88 bits per heavy atom.